The number of hydrogen-bond donors (Lipinski definition) is 4. The van der Waals surface area contributed by atoms with Crippen LogP contribution >= 0.6 is 0 Å². The van der Waals surface area contributed by atoms with Crippen LogP contribution in [0.4, 0.5) is 9.59 Å². The number of alkyl carbamates (subject to hydrolysis) is 2. The van der Waals surface area contributed by atoms with Crippen LogP contribution in [-0.4, -0.2) is 93.1 Å². The molecule has 2 aromatic carbocycles. The van der Waals surface area contributed by atoms with Crippen LogP contribution in [0.3, 0.4) is 0 Å². The molecule has 4 aliphatic rings. The minimum absolute atomic E-state index is 0.0810. The highest BCUT2D eigenvalue weighted by molar-refractivity contribution is 5.82. The van der Waals surface area contributed by atoms with Crippen LogP contribution in [0.25, 0.3) is 33.6 Å². The zero-order chi connectivity index (χ0) is 40.2. The maximum atomic E-state index is 13.9. The highest BCUT2D eigenvalue weighted by Crippen LogP contribution is 2.38. The number of benzene rings is 2. The van der Waals surface area contributed by atoms with Crippen molar-refractivity contribution in [1.29, 1.82) is 0 Å². The molecule has 8 rings (SSSR count). The average Bonchev–Trinajstić information content (AvgIpc) is 4.11. The van der Waals surface area contributed by atoms with Crippen LogP contribution < -0.4 is 10.6 Å². The molecule has 0 radical (unpaired) electrons. The van der Waals surface area contributed by atoms with Crippen molar-refractivity contribution in [3.63, 3.8) is 0 Å². The van der Waals surface area contributed by atoms with Crippen LogP contribution in [0.15, 0.2) is 60.9 Å². The van der Waals surface area contributed by atoms with Crippen molar-refractivity contribution in [3.05, 3.63) is 72.6 Å². The summed E-state index contributed by atoms with van der Waals surface area (Å²) >= 11 is 0. The Morgan fingerprint density at radius 3 is 1.33 bits per heavy atom. The summed E-state index contributed by atoms with van der Waals surface area (Å²) in [5.41, 5.74) is 5.97. The van der Waals surface area contributed by atoms with E-state index in [1.165, 1.54) is 14.2 Å². The lowest BCUT2D eigenvalue weighted by molar-refractivity contribution is -0.139. The Kier molecular flexibility index (Phi) is 11.8. The average molecular weight is 791 g/mol. The normalized spacial score (nSPS) is 24.7. The molecule has 4 fully saturated rings. The number of aromatic nitrogens is 4. The highest BCUT2D eigenvalue weighted by atomic mass is 16.5. The van der Waals surface area contributed by atoms with Gasteiger partial charge in [0.05, 0.1) is 61.9 Å². The van der Waals surface area contributed by atoms with E-state index in [0.29, 0.717) is 13.1 Å². The van der Waals surface area contributed by atoms with E-state index in [1.807, 2.05) is 22.2 Å². The van der Waals surface area contributed by atoms with Gasteiger partial charge in [-0.1, -0.05) is 74.2 Å². The predicted molar refractivity (Wildman–Crippen MR) is 217 cm³/mol. The number of carbonyl (C=O) groups excluding carboxylic acids is 4. The standard InChI is InChI=1S/C44H54N8O6/c1-57-43(55)49-33-11-5-3-9-31(33)41(53)51-23-7-13-37(51)39-45-25-35(47-39)29-19-15-27(16-20-29)28-17-21-30(22-18-28)36-26-46-40(48-36)38-14-8-24-52(38)42(54)32-10-4-6-12-34(32)50-44(56)58-2/h15-22,25-26,31-34,37-38H,3-14,23-24H2,1-2H3,(H,45,47)(H,46,48)(H,49,55)(H,50,56)/t31-,32?,33-,34-,37+,38+/m1/s1. The molecule has 1 unspecified atom stereocenters. The molecule has 58 heavy (non-hydrogen) atoms. The summed E-state index contributed by atoms with van der Waals surface area (Å²) < 4.78 is 9.66. The van der Waals surface area contributed by atoms with Gasteiger partial charge in [-0.2, -0.15) is 0 Å². The summed E-state index contributed by atoms with van der Waals surface area (Å²) in [7, 11) is 2.70. The molecule has 2 aromatic heterocycles. The lowest BCUT2D eigenvalue weighted by atomic mass is 9.83. The number of rotatable bonds is 9. The van der Waals surface area contributed by atoms with E-state index >= 15 is 0 Å². The van der Waals surface area contributed by atoms with E-state index < -0.39 is 12.2 Å². The van der Waals surface area contributed by atoms with E-state index in [1.54, 1.807) is 0 Å². The maximum absolute atomic E-state index is 13.9. The zero-order valence-electron chi connectivity index (χ0n) is 33.4. The van der Waals surface area contributed by atoms with Gasteiger partial charge < -0.3 is 39.9 Å². The predicted octanol–water partition coefficient (Wildman–Crippen LogP) is 7.29. The first-order chi connectivity index (χ1) is 28.3. The minimum atomic E-state index is -0.491. The lowest BCUT2D eigenvalue weighted by Crippen LogP contribution is -2.49. The highest BCUT2D eigenvalue weighted by Gasteiger charge is 2.41. The smallest absolute Gasteiger partial charge is 0.407 e. The number of amides is 4. The van der Waals surface area contributed by atoms with Gasteiger partial charge in [0, 0.05) is 25.2 Å². The summed E-state index contributed by atoms with van der Waals surface area (Å²) in [5.74, 6) is 1.21. The van der Waals surface area contributed by atoms with E-state index in [-0.39, 0.29) is 47.8 Å². The zero-order valence-corrected chi connectivity index (χ0v) is 33.4. The van der Waals surface area contributed by atoms with Crippen LogP contribution in [0, 0.1) is 11.8 Å². The van der Waals surface area contributed by atoms with Crippen molar-refractivity contribution in [2.75, 3.05) is 27.3 Å². The van der Waals surface area contributed by atoms with Gasteiger partial charge in [-0.3, -0.25) is 9.59 Å². The van der Waals surface area contributed by atoms with Gasteiger partial charge in [-0.15, -0.1) is 0 Å². The Hall–Kier alpha value is -5.66. The fourth-order valence-corrected chi connectivity index (χ4v) is 9.66. The van der Waals surface area contributed by atoms with E-state index in [2.05, 4.69) is 69.1 Å². The first kappa shape index (κ1) is 39.2. The number of likely N-dealkylation sites (tertiary alicyclic amines) is 2. The molecule has 14 heteroatoms. The molecule has 2 saturated carbocycles. The molecule has 0 bridgehead atoms. The molecule has 306 valence electrons. The SMILES string of the molecule is COC(=O)N[C@@H]1CCCCC1C(=O)N1CCC[C@H]1c1ncc(-c2ccc(-c3ccc(-c4cnc([C@@H]5CCCN5C(=O)[C@@H]5CCCC[C@H]5NC(=O)OC)[nH]4)cc3)cc2)[nH]1. The molecule has 2 saturated heterocycles. The Morgan fingerprint density at radius 2 is 0.931 bits per heavy atom. The van der Waals surface area contributed by atoms with Crippen molar-refractivity contribution in [2.45, 2.75) is 101 Å². The second-order valence-electron chi connectivity index (χ2n) is 16.2. The number of carbonyl (C=O) groups is 4. The third-order valence-electron chi connectivity index (χ3n) is 12.8. The molecule has 14 nitrogen and oxygen atoms in total. The third-order valence-corrected chi connectivity index (χ3v) is 12.8. The molecular weight excluding hydrogens is 737 g/mol. The molecule has 4 aromatic rings. The number of hydrogen-bond acceptors (Lipinski definition) is 8. The fraction of sp³-hybridized carbons (Fsp3) is 0.500. The van der Waals surface area contributed by atoms with Gasteiger partial charge in [0.25, 0.3) is 0 Å². The fourth-order valence-electron chi connectivity index (χ4n) is 9.66. The van der Waals surface area contributed by atoms with Crippen molar-refractivity contribution in [1.82, 2.24) is 40.4 Å². The summed E-state index contributed by atoms with van der Waals surface area (Å²) in [5, 5.41) is 5.80. The van der Waals surface area contributed by atoms with Gasteiger partial charge >= 0.3 is 12.2 Å². The second-order valence-corrected chi connectivity index (χ2v) is 16.2. The summed E-state index contributed by atoms with van der Waals surface area (Å²) in [6.07, 6.45) is 13.1. The van der Waals surface area contributed by atoms with E-state index in [4.69, 9.17) is 19.4 Å². The van der Waals surface area contributed by atoms with Gasteiger partial charge in [0.15, 0.2) is 0 Å². The third kappa shape index (κ3) is 8.19. The number of H-pyrrole nitrogens is 2. The minimum Gasteiger partial charge on any atom is -0.453 e. The van der Waals surface area contributed by atoms with Crippen LogP contribution in [0.2, 0.25) is 0 Å². The number of nitrogens with one attached hydrogen (secondary N) is 4. The van der Waals surface area contributed by atoms with Crippen LogP contribution in [0.5, 0.6) is 0 Å². The monoisotopic (exact) mass is 790 g/mol. The van der Waals surface area contributed by atoms with Crippen molar-refractivity contribution in [2.24, 2.45) is 11.8 Å². The maximum Gasteiger partial charge on any atom is 0.407 e. The van der Waals surface area contributed by atoms with Crippen molar-refractivity contribution in [3.8, 4) is 33.6 Å². The topological polar surface area (TPSA) is 175 Å². The van der Waals surface area contributed by atoms with Gasteiger partial charge in [-0.05, 0) is 73.6 Å². The number of imidazole rings is 2. The van der Waals surface area contributed by atoms with E-state index in [0.717, 1.165) is 122 Å². The van der Waals surface area contributed by atoms with Crippen LogP contribution in [0.1, 0.15) is 101 Å². The lowest BCUT2D eigenvalue weighted by Gasteiger charge is -2.35. The molecule has 6 atom stereocenters. The Labute approximate surface area is 338 Å². The molecular formula is C44H54N8O6. The van der Waals surface area contributed by atoms with E-state index in [9.17, 15) is 19.2 Å². The Balaban J connectivity index is 0.901. The Morgan fingerprint density at radius 1 is 0.552 bits per heavy atom. The molecule has 4 heterocycles. The number of ether oxygens (including phenoxy) is 2. The summed E-state index contributed by atoms with van der Waals surface area (Å²) in [4.78, 5) is 72.1. The summed E-state index contributed by atoms with van der Waals surface area (Å²) in [6.45, 7) is 1.35. The first-order valence-electron chi connectivity index (χ1n) is 20.9. The quantitative estimate of drug-likeness (QED) is 0.137. The second kappa shape index (κ2) is 17.5. The molecule has 4 amide bonds. The largest absolute Gasteiger partial charge is 0.453 e. The summed E-state index contributed by atoms with van der Waals surface area (Å²) in [6, 6.07) is 16.0. The number of nitrogens with zero attached hydrogens (tertiary/aromatic N) is 4. The molecule has 4 N–H and O–H groups in total. The van der Waals surface area contributed by atoms with Crippen molar-refractivity contribution >= 4 is 24.0 Å². The van der Waals surface area contributed by atoms with Gasteiger partial charge in [0.1, 0.15) is 11.6 Å². The van der Waals surface area contributed by atoms with Gasteiger partial charge in [-0.25, -0.2) is 19.6 Å². The molecule has 2 aliphatic carbocycles. The van der Waals surface area contributed by atoms with Crippen molar-refractivity contribution < 1.29 is 28.7 Å². The molecule has 0 spiro atoms. The molecule has 2 aliphatic heterocycles. The number of methoxy groups -OCH3 is 2. The van der Waals surface area contributed by atoms with Gasteiger partial charge in [0.2, 0.25) is 11.8 Å². The first-order valence-corrected chi connectivity index (χ1v) is 20.9. The number of aromatic amines is 2. The van der Waals surface area contributed by atoms with Crippen LogP contribution in [-0.2, 0) is 19.1 Å². The Bertz CT molecular complexity index is 1930.